The van der Waals surface area contributed by atoms with Gasteiger partial charge in [-0.15, -0.1) is 0 Å². The lowest BCUT2D eigenvalue weighted by molar-refractivity contribution is 0.104. The zero-order valence-corrected chi connectivity index (χ0v) is 10.7. The highest BCUT2D eigenvalue weighted by atomic mass is 16.1. The van der Waals surface area contributed by atoms with Crippen molar-refractivity contribution >= 4 is 5.78 Å². The van der Waals surface area contributed by atoms with Crippen LogP contribution in [0, 0.1) is 0 Å². The van der Waals surface area contributed by atoms with Crippen LogP contribution in [-0.4, -0.2) is 5.78 Å². The summed E-state index contributed by atoms with van der Waals surface area (Å²) in [6, 6.07) is 17.9. The summed E-state index contributed by atoms with van der Waals surface area (Å²) in [5, 5.41) is 0. The third-order valence-electron chi connectivity index (χ3n) is 2.70. The van der Waals surface area contributed by atoms with E-state index in [-0.39, 0.29) is 5.78 Å². The highest BCUT2D eigenvalue weighted by molar-refractivity contribution is 6.05. The molecule has 0 spiro atoms. The van der Waals surface area contributed by atoms with Gasteiger partial charge < -0.3 is 0 Å². The van der Waals surface area contributed by atoms with Crippen LogP contribution in [0.2, 0.25) is 0 Å². The van der Waals surface area contributed by atoms with E-state index in [0.717, 1.165) is 16.7 Å². The Kier molecular flexibility index (Phi) is 3.73. The molecule has 0 atom stereocenters. The van der Waals surface area contributed by atoms with Crippen LogP contribution in [0.3, 0.4) is 0 Å². The molecule has 0 aromatic heterocycles. The Labute approximate surface area is 108 Å². The molecule has 0 fully saturated rings. The van der Waals surface area contributed by atoms with Gasteiger partial charge in [0.2, 0.25) is 0 Å². The molecule has 0 bridgehead atoms. The minimum Gasteiger partial charge on any atom is -0.289 e. The van der Waals surface area contributed by atoms with Crippen LogP contribution in [0.4, 0.5) is 0 Å². The van der Waals surface area contributed by atoms with Gasteiger partial charge in [-0.3, -0.25) is 4.79 Å². The van der Waals surface area contributed by atoms with E-state index in [2.05, 4.69) is 12.1 Å². The summed E-state index contributed by atoms with van der Waals surface area (Å²) in [5.74, 6) is 0.0645. The molecule has 1 nitrogen and oxygen atoms in total. The Bertz CT molecular complexity index is 558. The van der Waals surface area contributed by atoms with Crippen molar-refractivity contribution in [3.05, 3.63) is 71.8 Å². The van der Waals surface area contributed by atoms with Crippen LogP contribution in [0.5, 0.6) is 0 Å². The Hall–Kier alpha value is -2.15. The molecular weight excluding hydrogens is 220 g/mol. The first-order valence-electron chi connectivity index (χ1n) is 6.01. The Morgan fingerprint density at radius 3 is 1.94 bits per heavy atom. The molecule has 0 saturated carbocycles. The molecule has 0 saturated heterocycles. The summed E-state index contributed by atoms with van der Waals surface area (Å²) in [6.07, 6.45) is 1.66. The molecule has 0 N–H and O–H groups in total. The van der Waals surface area contributed by atoms with Crippen molar-refractivity contribution in [2.45, 2.75) is 13.8 Å². The fourth-order valence-corrected chi connectivity index (χ4v) is 1.80. The number of benzene rings is 2. The van der Waals surface area contributed by atoms with Gasteiger partial charge >= 0.3 is 0 Å². The molecular formula is C17H16O. The van der Waals surface area contributed by atoms with Crippen LogP contribution in [0.15, 0.2) is 66.2 Å². The largest absolute Gasteiger partial charge is 0.289 e. The average molecular weight is 236 g/mol. The van der Waals surface area contributed by atoms with E-state index in [1.54, 1.807) is 6.08 Å². The summed E-state index contributed by atoms with van der Waals surface area (Å²) in [5.41, 5.74) is 4.05. The lowest BCUT2D eigenvalue weighted by Crippen LogP contribution is -1.94. The smallest absolute Gasteiger partial charge is 0.185 e. The molecule has 0 amide bonds. The quantitative estimate of drug-likeness (QED) is 0.566. The summed E-state index contributed by atoms with van der Waals surface area (Å²) in [6.45, 7) is 3.85. The lowest BCUT2D eigenvalue weighted by Gasteiger charge is -2.02. The zero-order chi connectivity index (χ0) is 13.0. The maximum atomic E-state index is 11.8. The summed E-state index contributed by atoms with van der Waals surface area (Å²) in [7, 11) is 0. The van der Waals surface area contributed by atoms with E-state index in [1.807, 2.05) is 56.3 Å². The Morgan fingerprint density at radius 2 is 1.39 bits per heavy atom. The number of carbonyl (C=O) groups excluding carboxylic acids is 1. The molecule has 0 heterocycles. The third-order valence-corrected chi connectivity index (χ3v) is 2.70. The predicted octanol–water partition coefficient (Wildman–Crippen LogP) is 4.50. The molecule has 2 aromatic rings. The highest BCUT2D eigenvalue weighted by Crippen LogP contribution is 2.19. The van der Waals surface area contributed by atoms with Gasteiger partial charge in [-0.2, -0.15) is 0 Å². The van der Waals surface area contributed by atoms with E-state index in [4.69, 9.17) is 0 Å². The predicted molar refractivity (Wildman–Crippen MR) is 75.6 cm³/mol. The second kappa shape index (κ2) is 5.46. The zero-order valence-electron chi connectivity index (χ0n) is 10.7. The molecule has 0 unspecified atom stereocenters. The van der Waals surface area contributed by atoms with Gasteiger partial charge in [-0.05, 0) is 31.1 Å². The lowest BCUT2D eigenvalue weighted by atomic mass is 10.0. The molecule has 1 heteroatoms. The minimum atomic E-state index is 0.0645. The van der Waals surface area contributed by atoms with Crippen molar-refractivity contribution in [3.8, 4) is 11.1 Å². The van der Waals surface area contributed by atoms with E-state index >= 15 is 0 Å². The van der Waals surface area contributed by atoms with Gasteiger partial charge in [-0.1, -0.05) is 60.2 Å². The van der Waals surface area contributed by atoms with Crippen molar-refractivity contribution < 1.29 is 4.79 Å². The molecule has 0 aliphatic heterocycles. The SMILES string of the molecule is CC(C)=CC(=O)c1ccc(-c2ccccc2)cc1. The van der Waals surface area contributed by atoms with E-state index < -0.39 is 0 Å². The first kappa shape index (κ1) is 12.3. The number of carbonyl (C=O) groups is 1. The number of rotatable bonds is 3. The van der Waals surface area contributed by atoms with Crippen LogP contribution >= 0.6 is 0 Å². The summed E-state index contributed by atoms with van der Waals surface area (Å²) in [4.78, 5) is 11.8. The highest BCUT2D eigenvalue weighted by Gasteiger charge is 2.03. The van der Waals surface area contributed by atoms with Crippen molar-refractivity contribution in [1.29, 1.82) is 0 Å². The molecule has 0 aliphatic carbocycles. The first-order chi connectivity index (χ1) is 8.66. The average Bonchev–Trinajstić information content (AvgIpc) is 2.39. The second-order valence-electron chi connectivity index (χ2n) is 4.53. The molecule has 90 valence electrons. The van der Waals surface area contributed by atoms with Gasteiger partial charge in [0.1, 0.15) is 0 Å². The van der Waals surface area contributed by atoms with Gasteiger partial charge in [0.25, 0.3) is 0 Å². The molecule has 18 heavy (non-hydrogen) atoms. The standard InChI is InChI=1S/C17H16O/c1-13(2)12-17(18)16-10-8-15(9-11-16)14-6-4-3-5-7-14/h3-12H,1-2H3. The monoisotopic (exact) mass is 236 g/mol. The van der Waals surface area contributed by atoms with Crippen LogP contribution < -0.4 is 0 Å². The van der Waals surface area contributed by atoms with E-state index in [0.29, 0.717) is 0 Å². The van der Waals surface area contributed by atoms with Crippen molar-refractivity contribution in [2.75, 3.05) is 0 Å². The van der Waals surface area contributed by atoms with Gasteiger partial charge in [0.15, 0.2) is 5.78 Å². The molecule has 0 radical (unpaired) electrons. The normalized spacial score (nSPS) is 9.89. The third kappa shape index (κ3) is 2.95. The van der Waals surface area contributed by atoms with Crippen LogP contribution in [0.1, 0.15) is 24.2 Å². The van der Waals surface area contributed by atoms with Gasteiger partial charge in [0.05, 0.1) is 0 Å². The maximum Gasteiger partial charge on any atom is 0.185 e. The Morgan fingerprint density at radius 1 is 0.833 bits per heavy atom. The Balaban J connectivity index is 2.26. The van der Waals surface area contributed by atoms with E-state index in [9.17, 15) is 4.79 Å². The number of ketones is 1. The van der Waals surface area contributed by atoms with E-state index in [1.165, 1.54) is 5.56 Å². The van der Waals surface area contributed by atoms with Crippen LogP contribution in [-0.2, 0) is 0 Å². The first-order valence-corrected chi connectivity index (χ1v) is 6.01. The fraction of sp³-hybridized carbons (Fsp3) is 0.118. The number of hydrogen-bond donors (Lipinski definition) is 0. The molecule has 0 aliphatic rings. The minimum absolute atomic E-state index is 0.0645. The molecule has 2 rings (SSSR count). The number of allylic oxidation sites excluding steroid dienone is 2. The van der Waals surface area contributed by atoms with Gasteiger partial charge in [0, 0.05) is 5.56 Å². The molecule has 2 aromatic carbocycles. The topological polar surface area (TPSA) is 17.1 Å². The van der Waals surface area contributed by atoms with Crippen LogP contribution in [0.25, 0.3) is 11.1 Å². The fourth-order valence-electron chi connectivity index (χ4n) is 1.80. The van der Waals surface area contributed by atoms with Gasteiger partial charge in [-0.25, -0.2) is 0 Å². The second-order valence-corrected chi connectivity index (χ2v) is 4.53. The summed E-state index contributed by atoms with van der Waals surface area (Å²) < 4.78 is 0. The summed E-state index contributed by atoms with van der Waals surface area (Å²) >= 11 is 0. The van der Waals surface area contributed by atoms with Crippen molar-refractivity contribution in [2.24, 2.45) is 0 Å². The maximum absolute atomic E-state index is 11.8. The van der Waals surface area contributed by atoms with Crippen molar-refractivity contribution in [3.63, 3.8) is 0 Å². The number of hydrogen-bond acceptors (Lipinski definition) is 1. The van der Waals surface area contributed by atoms with Crippen molar-refractivity contribution in [1.82, 2.24) is 0 Å².